The van der Waals surface area contributed by atoms with Crippen molar-refractivity contribution < 1.29 is 14.6 Å². The Kier molecular flexibility index (Phi) is 8.94. The maximum Gasteiger partial charge on any atom is 0.261 e. The Bertz CT molecular complexity index is 1620. The number of ether oxygens (including phenoxy) is 1. The van der Waals surface area contributed by atoms with Crippen molar-refractivity contribution in [3.05, 3.63) is 75.2 Å². The highest BCUT2D eigenvalue weighted by molar-refractivity contribution is 6.02. The summed E-state index contributed by atoms with van der Waals surface area (Å²) in [6, 6.07) is 11.7. The van der Waals surface area contributed by atoms with Crippen LogP contribution in [0.4, 0.5) is 5.69 Å². The lowest BCUT2D eigenvalue weighted by molar-refractivity contribution is 0.0668. The van der Waals surface area contributed by atoms with Gasteiger partial charge in [-0.05, 0) is 75.2 Å². The van der Waals surface area contributed by atoms with Crippen molar-refractivity contribution >= 4 is 22.6 Å². The Morgan fingerprint density at radius 3 is 2.67 bits per heavy atom. The minimum atomic E-state index is -0.805. The van der Waals surface area contributed by atoms with E-state index in [0.717, 1.165) is 53.9 Å². The van der Waals surface area contributed by atoms with Crippen molar-refractivity contribution in [3.8, 4) is 17.1 Å². The molecule has 6 rings (SSSR count). The third kappa shape index (κ3) is 6.05. The van der Waals surface area contributed by atoms with Gasteiger partial charge in [0.05, 0.1) is 16.7 Å². The molecule has 2 aliphatic rings. The largest absolute Gasteiger partial charge is 0.491 e. The first-order valence-corrected chi connectivity index (χ1v) is 14.8. The van der Waals surface area contributed by atoms with Gasteiger partial charge >= 0.3 is 0 Å². The van der Waals surface area contributed by atoms with Crippen molar-refractivity contribution in [2.75, 3.05) is 31.6 Å². The monoisotopic (exact) mass is 572 g/mol. The number of nitrogens with zero attached hydrogens (tertiary/aromatic N) is 2. The summed E-state index contributed by atoms with van der Waals surface area (Å²) >= 11 is 0. The van der Waals surface area contributed by atoms with Crippen LogP contribution in [0.25, 0.3) is 22.4 Å². The normalized spacial score (nSPS) is 15.7. The molecule has 4 heterocycles. The number of hydrogen-bond donors (Lipinski definition) is 5. The number of benzene rings is 2. The minimum absolute atomic E-state index is 0.0466. The summed E-state index contributed by atoms with van der Waals surface area (Å²) < 4.78 is 5.80. The van der Waals surface area contributed by atoms with Gasteiger partial charge in [0.15, 0.2) is 0 Å². The SMILES string of the molecule is CC.Cc1ccc(OCC(O)CNc2cc[nH]c(=O)c2-c2nc3cc4c(cc3[nH]2)CN(C2CCNCC2)C4=O)c(C)c1. The van der Waals surface area contributed by atoms with Crippen LogP contribution in [0, 0.1) is 13.8 Å². The Hall–Kier alpha value is -4.15. The molecule has 10 heteroatoms. The molecule has 1 atom stereocenters. The number of carbonyl (C=O) groups excluding carboxylic acids is 1. The van der Waals surface area contributed by atoms with Gasteiger partial charge < -0.3 is 35.3 Å². The number of pyridine rings is 1. The highest BCUT2D eigenvalue weighted by atomic mass is 16.5. The number of hydrogen-bond acceptors (Lipinski definition) is 7. The summed E-state index contributed by atoms with van der Waals surface area (Å²) in [6.45, 7) is 10.7. The third-order valence-electron chi connectivity index (χ3n) is 7.78. The van der Waals surface area contributed by atoms with E-state index >= 15 is 0 Å². The van der Waals surface area contributed by atoms with Gasteiger partial charge in [-0.1, -0.05) is 31.5 Å². The zero-order valence-electron chi connectivity index (χ0n) is 24.7. The molecule has 42 heavy (non-hydrogen) atoms. The molecule has 1 unspecified atom stereocenters. The van der Waals surface area contributed by atoms with E-state index in [1.165, 1.54) is 0 Å². The maximum atomic E-state index is 13.2. The Morgan fingerprint density at radius 1 is 1.12 bits per heavy atom. The van der Waals surface area contributed by atoms with Crippen molar-refractivity contribution in [2.24, 2.45) is 0 Å². The molecule has 0 saturated carbocycles. The van der Waals surface area contributed by atoms with Crippen LogP contribution >= 0.6 is 0 Å². The zero-order chi connectivity index (χ0) is 29.8. The smallest absolute Gasteiger partial charge is 0.261 e. The summed E-state index contributed by atoms with van der Waals surface area (Å²) in [6.07, 6.45) is 2.66. The molecular weight excluding hydrogens is 532 g/mol. The van der Waals surface area contributed by atoms with Crippen molar-refractivity contribution in [2.45, 2.75) is 59.2 Å². The number of piperidine rings is 1. The fraction of sp³-hybridized carbons (Fsp3) is 0.406. The van der Waals surface area contributed by atoms with Crippen LogP contribution in [-0.4, -0.2) is 69.3 Å². The number of rotatable bonds is 8. The molecule has 1 saturated heterocycles. The van der Waals surface area contributed by atoms with Gasteiger partial charge in [-0.25, -0.2) is 4.98 Å². The first-order chi connectivity index (χ1) is 20.4. The molecule has 0 radical (unpaired) electrons. The number of aromatic nitrogens is 3. The molecule has 2 aromatic carbocycles. The topological polar surface area (TPSA) is 135 Å². The summed E-state index contributed by atoms with van der Waals surface area (Å²) in [5.74, 6) is 1.17. The second-order valence-corrected chi connectivity index (χ2v) is 10.7. The Balaban J connectivity index is 0.00000173. The van der Waals surface area contributed by atoms with Gasteiger partial charge in [0.1, 0.15) is 29.8 Å². The fourth-order valence-electron chi connectivity index (χ4n) is 5.67. The van der Waals surface area contributed by atoms with E-state index < -0.39 is 6.10 Å². The van der Waals surface area contributed by atoms with Crippen LogP contribution in [0.2, 0.25) is 0 Å². The van der Waals surface area contributed by atoms with Gasteiger partial charge in [0, 0.05) is 30.9 Å². The highest BCUT2D eigenvalue weighted by Gasteiger charge is 2.34. The molecule has 5 N–H and O–H groups in total. The predicted molar refractivity (Wildman–Crippen MR) is 165 cm³/mol. The molecule has 2 aromatic heterocycles. The number of aliphatic hydroxyl groups excluding tert-OH is 1. The Morgan fingerprint density at radius 2 is 1.90 bits per heavy atom. The predicted octanol–water partition coefficient (Wildman–Crippen LogP) is 4.12. The number of aliphatic hydroxyl groups is 1. The van der Waals surface area contributed by atoms with Crippen molar-refractivity contribution in [1.29, 1.82) is 0 Å². The molecule has 0 bridgehead atoms. The van der Waals surface area contributed by atoms with Gasteiger partial charge in [-0.3, -0.25) is 9.59 Å². The molecule has 1 fully saturated rings. The summed E-state index contributed by atoms with van der Waals surface area (Å²) in [7, 11) is 0. The average Bonchev–Trinajstić information content (AvgIpc) is 3.55. The molecule has 2 aliphatic heterocycles. The number of imidazole rings is 1. The van der Waals surface area contributed by atoms with Gasteiger partial charge in [-0.2, -0.15) is 0 Å². The minimum Gasteiger partial charge on any atom is -0.491 e. The van der Waals surface area contributed by atoms with E-state index in [4.69, 9.17) is 9.72 Å². The van der Waals surface area contributed by atoms with Crippen LogP contribution < -0.4 is 20.9 Å². The molecule has 1 amide bonds. The average molecular weight is 573 g/mol. The maximum absolute atomic E-state index is 13.2. The van der Waals surface area contributed by atoms with Crippen LogP contribution in [-0.2, 0) is 6.54 Å². The molecule has 222 valence electrons. The summed E-state index contributed by atoms with van der Waals surface area (Å²) in [4.78, 5) is 38.8. The van der Waals surface area contributed by atoms with E-state index in [-0.39, 0.29) is 30.7 Å². The Labute approximate surface area is 245 Å². The van der Waals surface area contributed by atoms with Crippen LogP contribution in [0.3, 0.4) is 0 Å². The fourth-order valence-corrected chi connectivity index (χ4v) is 5.67. The quantitative estimate of drug-likeness (QED) is 0.214. The van der Waals surface area contributed by atoms with Gasteiger partial charge in [0.2, 0.25) is 0 Å². The number of fused-ring (bicyclic) bond motifs is 2. The van der Waals surface area contributed by atoms with Crippen molar-refractivity contribution in [3.63, 3.8) is 0 Å². The van der Waals surface area contributed by atoms with Crippen molar-refractivity contribution in [1.82, 2.24) is 25.2 Å². The molecule has 4 aromatic rings. The lowest BCUT2D eigenvalue weighted by atomic mass is 10.1. The number of aryl methyl sites for hydroxylation is 2. The number of carbonyl (C=O) groups is 1. The lowest BCUT2D eigenvalue weighted by Gasteiger charge is -2.31. The molecular formula is C32H40N6O4. The number of anilines is 1. The van der Waals surface area contributed by atoms with E-state index in [2.05, 4.69) is 20.6 Å². The first kappa shape index (κ1) is 29.3. The summed E-state index contributed by atoms with van der Waals surface area (Å²) in [5.41, 5.74) is 5.76. The standard InChI is InChI=1S/C30H34N6O4.C2H6/c1-17-3-4-26(18(2)11-17)40-16-21(37)14-33-23-7-10-32-29(38)27(23)28-34-24-12-19-15-36(20-5-8-31-9-6-20)30(39)22(19)13-25(24)35-28;1-2/h3-4,7,10-13,20-21,31,37H,5-6,8-9,14-16H2,1-2H3,(H,34,35)(H2,32,33,38);1-2H3. The molecule has 0 spiro atoms. The summed E-state index contributed by atoms with van der Waals surface area (Å²) in [5, 5.41) is 17.1. The number of H-pyrrole nitrogens is 2. The van der Waals surface area contributed by atoms with Gasteiger partial charge in [0.25, 0.3) is 11.5 Å². The van der Waals surface area contributed by atoms with E-state index in [9.17, 15) is 14.7 Å². The van der Waals surface area contributed by atoms with Crippen LogP contribution in [0.1, 0.15) is 53.7 Å². The number of aromatic amines is 2. The lowest BCUT2D eigenvalue weighted by Crippen LogP contribution is -2.43. The second kappa shape index (κ2) is 12.8. The molecule has 0 aliphatic carbocycles. The van der Waals surface area contributed by atoms with E-state index in [1.54, 1.807) is 12.3 Å². The number of nitrogens with one attached hydrogen (secondary N) is 4. The van der Waals surface area contributed by atoms with Crippen LogP contribution in [0.15, 0.2) is 47.4 Å². The van der Waals surface area contributed by atoms with E-state index in [1.807, 2.05) is 62.9 Å². The zero-order valence-corrected chi connectivity index (χ0v) is 24.7. The second-order valence-electron chi connectivity index (χ2n) is 10.7. The highest BCUT2D eigenvalue weighted by Crippen LogP contribution is 2.32. The van der Waals surface area contributed by atoms with Crippen LogP contribution in [0.5, 0.6) is 5.75 Å². The number of amides is 1. The third-order valence-corrected chi connectivity index (χ3v) is 7.78. The first-order valence-electron chi connectivity index (χ1n) is 14.8. The van der Waals surface area contributed by atoms with E-state index in [0.29, 0.717) is 34.7 Å². The van der Waals surface area contributed by atoms with Gasteiger partial charge in [-0.15, -0.1) is 0 Å². The molecule has 10 nitrogen and oxygen atoms in total.